The molecule has 2 rings (SSSR count). The van der Waals surface area contributed by atoms with Gasteiger partial charge < -0.3 is 26.4 Å². The van der Waals surface area contributed by atoms with Crippen LogP contribution in [0.3, 0.4) is 0 Å². The highest BCUT2D eigenvalue weighted by Gasteiger charge is 2.36. The maximum Gasteiger partial charge on any atom is 0.408 e. The standard InChI is InChI=1S/C23H36F3N5O3/c1-14-5-7-16(8-6-14)19(31-21(33)34-22(2,3)4)20(32)30-18-11-15(9-10-29-18)12-28-13-17(27)23(24,25)26/h9-11,14,16-17,19,28H,5-8,12-13,27H2,1-4H3,(H,31,33)(H,29,30,32)/t14?,16?,17-,19?/m0/s1. The first-order chi connectivity index (χ1) is 15.7. The minimum Gasteiger partial charge on any atom is -0.444 e. The molecule has 8 nitrogen and oxygen atoms in total. The molecule has 1 saturated carbocycles. The van der Waals surface area contributed by atoms with Crippen molar-refractivity contribution in [2.75, 3.05) is 11.9 Å². The van der Waals surface area contributed by atoms with Gasteiger partial charge >= 0.3 is 12.3 Å². The molecule has 1 unspecified atom stereocenters. The summed E-state index contributed by atoms with van der Waals surface area (Å²) < 4.78 is 43.0. The van der Waals surface area contributed by atoms with Gasteiger partial charge in [0.1, 0.15) is 23.5 Å². The molecule has 1 fully saturated rings. The van der Waals surface area contributed by atoms with Crippen LogP contribution in [0, 0.1) is 11.8 Å². The highest BCUT2D eigenvalue weighted by Crippen LogP contribution is 2.31. The van der Waals surface area contributed by atoms with Gasteiger partial charge in [-0.2, -0.15) is 13.2 Å². The Bertz CT molecular complexity index is 821. The molecule has 1 aromatic heterocycles. The fourth-order valence-electron chi connectivity index (χ4n) is 3.80. The number of nitrogens with one attached hydrogen (secondary N) is 3. The Morgan fingerprint density at radius 1 is 1.21 bits per heavy atom. The molecule has 0 aromatic carbocycles. The number of amides is 2. The van der Waals surface area contributed by atoms with Crippen LogP contribution in [0.1, 0.15) is 58.9 Å². The number of alkyl carbamates (subject to hydrolysis) is 1. The van der Waals surface area contributed by atoms with Crippen molar-refractivity contribution in [2.24, 2.45) is 17.6 Å². The molecule has 192 valence electrons. The topological polar surface area (TPSA) is 118 Å². The van der Waals surface area contributed by atoms with Crippen molar-refractivity contribution in [1.29, 1.82) is 0 Å². The normalized spacial score (nSPS) is 20.8. The van der Waals surface area contributed by atoms with E-state index in [0.717, 1.165) is 25.7 Å². The summed E-state index contributed by atoms with van der Waals surface area (Å²) in [6.45, 7) is 7.08. The van der Waals surface area contributed by atoms with Crippen LogP contribution in [0.25, 0.3) is 0 Å². The van der Waals surface area contributed by atoms with Gasteiger partial charge in [-0.3, -0.25) is 4.79 Å². The van der Waals surface area contributed by atoms with Gasteiger partial charge in [0, 0.05) is 19.3 Å². The lowest BCUT2D eigenvalue weighted by molar-refractivity contribution is -0.146. The summed E-state index contributed by atoms with van der Waals surface area (Å²) in [5.41, 5.74) is 5.02. The van der Waals surface area contributed by atoms with Crippen LogP contribution in [0.4, 0.5) is 23.8 Å². The summed E-state index contributed by atoms with van der Waals surface area (Å²) >= 11 is 0. The Hall–Kier alpha value is -2.40. The third-order valence-corrected chi connectivity index (χ3v) is 5.68. The van der Waals surface area contributed by atoms with Crippen LogP contribution in [0.2, 0.25) is 0 Å². The second-order valence-electron chi connectivity index (χ2n) is 9.96. The fraction of sp³-hybridized carbons (Fsp3) is 0.696. The van der Waals surface area contributed by atoms with Gasteiger partial charge in [0.15, 0.2) is 0 Å². The maximum absolute atomic E-state index is 13.1. The van der Waals surface area contributed by atoms with Crippen molar-refractivity contribution in [3.05, 3.63) is 23.9 Å². The number of carbonyl (C=O) groups is 2. The highest BCUT2D eigenvalue weighted by molar-refractivity contribution is 5.96. The molecule has 0 spiro atoms. The van der Waals surface area contributed by atoms with Crippen LogP contribution in [-0.2, 0) is 16.1 Å². The number of hydrogen-bond acceptors (Lipinski definition) is 6. The SMILES string of the molecule is CC1CCC(C(NC(=O)OC(C)(C)C)C(=O)Nc2cc(CNC[C@H](N)C(F)(F)F)ccn2)CC1. The Labute approximate surface area is 198 Å². The first-order valence-corrected chi connectivity index (χ1v) is 11.5. The van der Waals surface area contributed by atoms with Gasteiger partial charge in [-0.1, -0.05) is 19.8 Å². The van der Waals surface area contributed by atoms with Crippen molar-refractivity contribution in [3.63, 3.8) is 0 Å². The van der Waals surface area contributed by atoms with E-state index in [9.17, 15) is 22.8 Å². The van der Waals surface area contributed by atoms with Gasteiger partial charge in [0.25, 0.3) is 0 Å². The maximum atomic E-state index is 13.1. The summed E-state index contributed by atoms with van der Waals surface area (Å²) in [7, 11) is 0. The van der Waals surface area contributed by atoms with Crippen molar-refractivity contribution in [2.45, 2.75) is 83.8 Å². The molecule has 11 heteroatoms. The molecule has 2 atom stereocenters. The van der Waals surface area contributed by atoms with Crippen molar-refractivity contribution in [1.82, 2.24) is 15.6 Å². The van der Waals surface area contributed by atoms with E-state index in [1.807, 2.05) is 0 Å². The van der Waals surface area contributed by atoms with Gasteiger partial charge in [-0.05, 0) is 63.1 Å². The second kappa shape index (κ2) is 11.8. The number of hydrogen-bond donors (Lipinski definition) is 4. The minimum atomic E-state index is -4.47. The summed E-state index contributed by atoms with van der Waals surface area (Å²) in [6.07, 6.45) is -0.170. The average molecular weight is 488 g/mol. The van der Waals surface area contributed by atoms with Crippen LogP contribution in [-0.4, -0.2) is 47.4 Å². The number of halogens is 3. The predicted molar refractivity (Wildman–Crippen MR) is 123 cm³/mol. The molecular weight excluding hydrogens is 451 g/mol. The second-order valence-corrected chi connectivity index (χ2v) is 9.96. The van der Waals surface area contributed by atoms with Gasteiger partial charge in [-0.15, -0.1) is 0 Å². The largest absolute Gasteiger partial charge is 0.444 e. The van der Waals surface area contributed by atoms with Gasteiger partial charge in [0.2, 0.25) is 5.91 Å². The molecule has 34 heavy (non-hydrogen) atoms. The molecule has 1 aliphatic rings. The van der Waals surface area contributed by atoms with E-state index >= 15 is 0 Å². The third-order valence-electron chi connectivity index (χ3n) is 5.68. The Balaban J connectivity index is 2.04. The number of aromatic nitrogens is 1. The molecule has 0 radical (unpaired) electrons. The van der Waals surface area contributed by atoms with Crippen LogP contribution >= 0.6 is 0 Å². The summed E-state index contributed by atoms with van der Waals surface area (Å²) in [6, 6.07) is 0.431. The van der Waals surface area contributed by atoms with Crippen LogP contribution < -0.4 is 21.7 Å². The number of carbonyl (C=O) groups excluding carboxylic acids is 2. The van der Waals surface area contributed by atoms with E-state index in [4.69, 9.17) is 10.5 Å². The van der Waals surface area contributed by atoms with Crippen molar-refractivity contribution in [3.8, 4) is 0 Å². The number of pyridine rings is 1. The Morgan fingerprint density at radius 3 is 2.44 bits per heavy atom. The molecule has 1 aliphatic carbocycles. The van der Waals surface area contributed by atoms with Crippen LogP contribution in [0.5, 0.6) is 0 Å². The average Bonchev–Trinajstić information content (AvgIpc) is 2.71. The zero-order valence-corrected chi connectivity index (χ0v) is 20.2. The molecule has 0 bridgehead atoms. The van der Waals surface area contributed by atoms with Gasteiger partial charge in [0.05, 0.1) is 0 Å². The molecule has 0 aliphatic heterocycles. The van der Waals surface area contributed by atoms with Crippen LogP contribution in [0.15, 0.2) is 18.3 Å². The molecule has 5 N–H and O–H groups in total. The van der Waals surface area contributed by atoms with Crippen molar-refractivity contribution >= 4 is 17.8 Å². The van der Waals surface area contributed by atoms with E-state index in [0.29, 0.717) is 11.5 Å². The number of nitrogens with zero attached hydrogens (tertiary/aromatic N) is 1. The van der Waals surface area contributed by atoms with E-state index < -0.39 is 42.4 Å². The zero-order chi connectivity index (χ0) is 25.5. The molecule has 1 aromatic rings. The number of rotatable bonds is 8. The van der Waals surface area contributed by atoms with E-state index in [-0.39, 0.29) is 18.3 Å². The smallest absolute Gasteiger partial charge is 0.408 e. The predicted octanol–water partition coefficient (Wildman–Crippen LogP) is 3.72. The lowest BCUT2D eigenvalue weighted by Crippen LogP contribution is -2.50. The number of anilines is 1. The van der Waals surface area contributed by atoms with Crippen molar-refractivity contribution < 1.29 is 27.5 Å². The molecule has 2 amide bonds. The number of nitrogens with two attached hydrogens (primary N) is 1. The number of ether oxygens (including phenoxy) is 1. The first-order valence-electron chi connectivity index (χ1n) is 11.5. The van der Waals surface area contributed by atoms with E-state index in [1.165, 1.54) is 6.20 Å². The molecule has 0 saturated heterocycles. The third kappa shape index (κ3) is 9.46. The quantitative estimate of drug-likeness (QED) is 0.444. The summed E-state index contributed by atoms with van der Waals surface area (Å²) in [4.78, 5) is 29.7. The Kier molecular flexibility index (Phi) is 9.69. The molecule has 1 heterocycles. The Morgan fingerprint density at radius 2 is 1.85 bits per heavy atom. The lowest BCUT2D eigenvalue weighted by Gasteiger charge is -2.32. The first kappa shape index (κ1) is 27.8. The highest BCUT2D eigenvalue weighted by atomic mass is 19.4. The van der Waals surface area contributed by atoms with Gasteiger partial charge in [-0.25, -0.2) is 9.78 Å². The summed E-state index contributed by atoms with van der Waals surface area (Å²) in [5, 5.41) is 8.11. The summed E-state index contributed by atoms with van der Waals surface area (Å²) in [5.74, 6) is 0.349. The fourth-order valence-corrected chi connectivity index (χ4v) is 3.80. The molecular formula is C23H36F3N5O3. The number of alkyl halides is 3. The van der Waals surface area contributed by atoms with E-state index in [2.05, 4.69) is 27.9 Å². The zero-order valence-electron chi connectivity index (χ0n) is 20.2. The lowest BCUT2D eigenvalue weighted by atomic mass is 9.79. The monoisotopic (exact) mass is 487 g/mol. The van der Waals surface area contributed by atoms with E-state index in [1.54, 1.807) is 32.9 Å². The minimum absolute atomic E-state index is 0.0441.